The Labute approximate surface area is 130 Å². The van der Waals surface area contributed by atoms with Crippen molar-refractivity contribution in [2.24, 2.45) is 0 Å². The third-order valence-corrected chi connectivity index (χ3v) is 5.10. The summed E-state index contributed by atoms with van der Waals surface area (Å²) in [6.45, 7) is 8.02. The molecule has 2 saturated heterocycles. The molecule has 2 aliphatic heterocycles. The summed E-state index contributed by atoms with van der Waals surface area (Å²) in [7, 11) is -0.291. The monoisotopic (exact) mass is 279 g/mol. The molecule has 2 heterocycles. The first-order valence-corrected chi connectivity index (χ1v) is 7.20. The minimum Gasteiger partial charge on any atom is -0.548 e. The van der Waals surface area contributed by atoms with Crippen LogP contribution in [0.3, 0.4) is 0 Å². The van der Waals surface area contributed by atoms with Crippen molar-refractivity contribution in [1.29, 1.82) is 0 Å². The van der Waals surface area contributed by atoms with Crippen molar-refractivity contribution in [1.82, 2.24) is 5.32 Å². The first kappa shape index (κ1) is 17.4. The van der Waals surface area contributed by atoms with Gasteiger partial charge < -0.3 is 19.2 Å². The fraction of sp³-hybridized carbons (Fsp3) is 0.909. The van der Waals surface area contributed by atoms with Crippen LogP contribution in [0.5, 0.6) is 0 Å². The number of carboxylic acids is 1. The molecule has 2 unspecified atom stereocenters. The minimum atomic E-state index is -1.04. The molecule has 8 heteroatoms. The molecule has 102 valence electrons. The van der Waals surface area contributed by atoms with Crippen LogP contribution in [0.4, 0.5) is 0 Å². The molecule has 0 bridgehead atoms. The molecule has 0 aliphatic carbocycles. The summed E-state index contributed by atoms with van der Waals surface area (Å²) in [5.74, 6) is -0.508. The average molecular weight is 279 g/mol. The number of carbonyl (C=O) groups excluding carboxylic acids is 1. The number of hydrogen-bond donors (Lipinski definition) is 1. The maximum Gasteiger partial charge on any atom is 1.00 e. The molecule has 2 atom stereocenters. The van der Waals surface area contributed by atoms with Gasteiger partial charge >= 0.3 is 26.0 Å². The van der Waals surface area contributed by atoms with E-state index in [-0.39, 0.29) is 42.6 Å². The van der Waals surface area contributed by atoms with Crippen LogP contribution in [0.25, 0.3) is 0 Å². The van der Waals surface area contributed by atoms with Gasteiger partial charge in [-0.05, 0) is 27.7 Å². The van der Waals surface area contributed by atoms with E-state index in [4.69, 9.17) is 9.31 Å². The van der Waals surface area contributed by atoms with E-state index in [0.29, 0.717) is 12.1 Å². The van der Waals surface area contributed by atoms with E-state index in [9.17, 15) is 9.90 Å². The second kappa shape index (κ2) is 6.00. The summed E-state index contributed by atoms with van der Waals surface area (Å²) < 4.78 is 11.8. The van der Waals surface area contributed by atoms with Gasteiger partial charge in [0.1, 0.15) is 0 Å². The summed E-state index contributed by atoms with van der Waals surface area (Å²) in [5, 5.41) is 13.8. The van der Waals surface area contributed by atoms with E-state index in [1.807, 2.05) is 27.7 Å². The number of thioether (sulfide) groups is 1. The molecule has 19 heavy (non-hydrogen) atoms. The molecule has 0 aromatic rings. The van der Waals surface area contributed by atoms with Gasteiger partial charge in [0.2, 0.25) is 0 Å². The number of rotatable bonds is 3. The second-order valence-electron chi connectivity index (χ2n) is 5.78. The fourth-order valence-corrected chi connectivity index (χ4v) is 3.25. The van der Waals surface area contributed by atoms with Gasteiger partial charge in [-0.2, -0.15) is 0 Å². The molecule has 0 aromatic carbocycles. The predicted molar refractivity (Wildman–Crippen MR) is 69.1 cm³/mol. The number of carbonyl (C=O) groups is 1. The third kappa shape index (κ3) is 3.72. The Hall–Kier alpha value is 0.362. The van der Waals surface area contributed by atoms with Gasteiger partial charge in [0.25, 0.3) is 0 Å². The van der Waals surface area contributed by atoms with E-state index in [2.05, 4.69) is 5.32 Å². The SMILES string of the molecule is CC1(C)OB(CC2NC(C(=O)[O-])CS2)OC1(C)C.[Li+]. The number of hydrogen-bond acceptors (Lipinski definition) is 6. The first-order chi connectivity index (χ1) is 8.21. The van der Waals surface area contributed by atoms with Crippen LogP contribution in [-0.4, -0.2) is 41.5 Å². The number of aliphatic carboxylic acids is 1. The van der Waals surface area contributed by atoms with Crippen LogP contribution in [0.1, 0.15) is 27.7 Å². The van der Waals surface area contributed by atoms with Gasteiger partial charge in [0.05, 0.1) is 28.6 Å². The zero-order chi connectivity index (χ0) is 13.6. The van der Waals surface area contributed by atoms with Crippen LogP contribution in [0, 0.1) is 0 Å². The zero-order valence-electron chi connectivity index (χ0n) is 12.2. The van der Waals surface area contributed by atoms with Gasteiger partial charge in [-0.1, -0.05) is 0 Å². The van der Waals surface area contributed by atoms with E-state index < -0.39 is 12.0 Å². The minimum absolute atomic E-state index is 0. The molecular weight excluding hydrogens is 260 g/mol. The Kier molecular flexibility index (Phi) is 5.50. The van der Waals surface area contributed by atoms with Crippen molar-refractivity contribution in [2.45, 2.75) is 56.6 Å². The summed E-state index contributed by atoms with van der Waals surface area (Å²) in [6.07, 6.45) is 0.640. The smallest absolute Gasteiger partial charge is 0.548 e. The Morgan fingerprint density at radius 3 is 2.32 bits per heavy atom. The van der Waals surface area contributed by atoms with Crippen LogP contribution >= 0.6 is 11.8 Å². The Morgan fingerprint density at radius 2 is 1.89 bits per heavy atom. The number of carboxylic acid groups (broad SMARTS) is 1. The molecule has 0 radical (unpaired) electrons. The van der Waals surface area contributed by atoms with Gasteiger partial charge in [0, 0.05) is 12.1 Å². The van der Waals surface area contributed by atoms with Gasteiger partial charge in [-0.3, -0.25) is 5.32 Å². The predicted octanol–water partition coefficient (Wildman–Crippen LogP) is -3.14. The fourth-order valence-electron chi connectivity index (χ4n) is 2.04. The maximum atomic E-state index is 10.7. The molecule has 0 spiro atoms. The van der Waals surface area contributed by atoms with Crippen LogP contribution in [0.2, 0.25) is 6.32 Å². The molecule has 1 N–H and O–H groups in total. The summed E-state index contributed by atoms with van der Waals surface area (Å²) in [4.78, 5) is 10.7. The van der Waals surface area contributed by atoms with E-state index in [0.717, 1.165) is 0 Å². The summed E-state index contributed by atoms with van der Waals surface area (Å²) in [5.41, 5.74) is -0.677. The standard InChI is InChI=1S/C11H20BNO4S.Li/c1-10(2)11(3,4)17-12(16-10)5-8-13-7(6-18-8)9(14)15;/h7-8,13H,5-6H2,1-4H3,(H,14,15);/q;+1/p-1. The molecule has 2 fully saturated rings. The zero-order valence-corrected chi connectivity index (χ0v) is 13.0. The molecular formula is C11H19BLiNO4S. The Balaban J connectivity index is 0.00000180. The van der Waals surface area contributed by atoms with Gasteiger partial charge in [0.15, 0.2) is 0 Å². The Bertz CT molecular complexity index is 340. The third-order valence-electron chi connectivity index (χ3n) is 3.84. The quantitative estimate of drug-likeness (QED) is 0.551. The topological polar surface area (TPSA) is 70.6 Å². The first-order valence-electron chi connectivity index (χ1n) is 6.15. The largest absolute Gasteiger partial charge is 1.00 e. The van der Waals surface area contributed by atoms with Crippen LogP contribution in [-0.2, 0) is 14.1 Å². The average Bonchev–Trinajstić information content (AvgIpc) is 2.70. The number of nitrogens with one attached hydrogen (secondary N) is 1. The second-order valence-corrected chi connectivity index (χ2v) is 7.02. The van der Waals surface area contributed by atoms with E-state index in [1.54, 1.807) is 11.8 Å². The molecule has 0 amide bonds. The van der Waals surface area contributed by atoms with Gasteiger partial charge in [-0.15, -0.1) is 11.8 Å². The van der Waals surface area contributed by atoms with Crippen molar-refractivity contribution in [3.8, 4) is 0 Å². The van der Waals surface area contributed by atoms with Crippen molar-refractivity contribution >= 4 is 24.8 Å². The molecule has 2 rings (SSSR count). The van der Waals surface area contributed by atoms with E-state index in [1.165, 1.54) is 0 Å². The van der Waals surface area contributed by atoms with Crippen molar-refractivity contribution in [2.75, 3.05) is 5.75 Å². The Morgan fingerprint density at radius 1 is 1.37 bits per heavy atom. The molecule has 2 aliphatic rings. The molecule has 0 saturated carbocycles. The molecule has 0 aromatic heterocycles. The van der Waals surface area contributed by atoms with Crippen molar-refractivity contribution in [3.63, 3.8) is 0 Å². The summed E-state index contributed by atoms with van der Waals surface area (Å²) in [6, 6.07) is -0.567. The van der Waals surface area contributed by atoms with Crippen LogP contribution in [0.15, 0.2) is 0 Å². The maximum absolute atomic E-state index is 10.7. The summed E-state index contributed by atoms with van der Waals surface area (Å²) >= 11 is 1.57. The van der Waals surface area contributed by atoms with Crippen molar-refractivity contribution in [3.05, 3.63) is 0 Å². The van der Waals surface area contributed by atoms with Crippen molar-refractivity contribution < 1.29 is 38.1 Å². The normalized spacial score (nSPS) is 32.1. The van der Waals surface area contributed by atoms with Gasteiger partial charge in [-0.25, -0.2) is 0 Å². The molecule has 5 nitrogen and oxygen atoms in total. The van der Waals surface area contributed by atoms with Crippen LogP contribution < -0.4 is 29.3 Å². The van der Waals surface area contributed by atoms with E-state index >= 15 is 0 Å².